The van der Waals surface area contributed by atoms with E-state index >= 15 is 0 Å². The average Bonchev–Trinajstić information content (AvgIpc) is 3.18. The minimum atomic E-state index is -0.0915. The highest BCUT2D eigenvalue weighted by molar-refractivity contribution is 5.96. The molecule has 1 unspecified atom stereocenters. The van der Waals surface area contributed by atoms with Gasteiger partial charge in [0.05, 0.1) is 19.1 Å². The van der Waals surface area contributed by atoms with Crippen molar-refractivity contribution in [3.05, 3.63) is 29.8 Å². The normalized spacial score (nSPS) is 21.0. The van der Waals surface area contributed by atoms with Gasteiger partial charge in [0.2, 0.25) is 5.91 Å². The van der Waals surface area contributed by atoms with Crippen molar-refractivity contribution in [3.63, 3.8) is 0 Å². The molecule has 7 nitrogen and oxygen atoms in total. The van der Waals surface area contributed by atoms with E-state index in [0.717, 1.165) is 58.0 Å². The Balaban J connectivity index is 1.42. The molecule has 2 aliphatic rings. The minimum absolute atomic E-state index is 0.0307. The summed E-state index contributed by atoms with van der Waals surface area (Å²) < 4.78 is 5.31. The molecule has 136 valence electrons. The van der Waals surface area contributed by atoms with Crippen molar-refractivity contribution < 1.29 is 14.3 Å². The summed E-state index contributed by atoms with van der Waals surface area (Å²) in [4.78, 5) is 26.5. The summed E-state index contributed by atoms with van der Waals surface area (Å²) in [6, 6.07) is 7.04. The van der Waals surface area contributed by atoms with Gasteiger partial charge in [-0.05, 0) is 37.2 Å². The molecule has 0 spiro atoms. The van der Waals surface area contributed by atoms with Crippen LogP contribution in [0.4, 0.5) is 5.69 Å². The van der Waals surface area contributed by atoms with Gasteiger partial charge in [-0.3, -0.25) is 14.5 Å². The van der Waals surface area contributed by atoms with Gasteiger partial charge >= 0.3 is 0 Å². The third kappa shape index (κ3) is 5.26. The second-order valence-corrected chi connectivity index (χ2v) is 6.47. The number of hydrogen-bond donors (Lipinski definition) is 3. The number of carbonyl (C=O) groups is 2. The van der Waals surface area contributed by atoms with Gasteiger partial charge in [0.1, 0.15) is 0 Å². The lowest BCUT2D eigenvalue weighted by Crippen LogP contribution is -2.41. The Kier molecular flexibility index (Phi) is 6.38. The third-order valence-electron chi connectivity index (χ3n) is 4.66. The van der Waals surface area contributed by atoms with Crippen LogP contribution < -0.4 is 16.0 Å². The number of anilines is 1. The van der Waals surface area contributed by atoms with Crippen LogP contribution in [-0.2, 0) is 9.53 Å². The highest BCUT2D eigenvalue weighted by Gasteiger charge is 2.22. The number of nitrogens with zero attached hydrogens (tertiary/aromatic N) is 1. The topological polar surface area (TPSA) is 82.7 Å². The number of amides is 2. The largest absolute Gasteiger partial charge is 0.379 e. The number of rotatable bonds is 6. The quantitative estimate of drug-likeness (QED) is 0.690. The number of ether oxygens (including phenoxy) is 1. The van der Waals surface area contributed by atoms with E-state index in [1.165, 1.54) is 0 Å². The molecular formula is C18H26N4O3. The fourth-order valence-electron chi connectivity index (χ4n) is 3.08. The Labute approximate surface area is 148 Å². The first-order valence-electron chi connectivity index (χ1n) is 8.92. The molecule has 2 amide bonds. The zero-order valence-corrected chi connectivity index (χ0v) is 14.4. The van der Waals surface area contributed by atoms with Gasteiger partial charge in [-0.2, -0.15) is 0 Å². The maximum absolute atomic E-state index is 12.2. The van der Waals surface area contributed by atoms with Gasteiger partial charge < -0.3 is 20.7 Å². The van der Waals surface area contributed by atoms with Gasteiger partial charge in [-0.15, -0.1) is 0 Å². The fourth-order valence-corrected chi connectivity index (χ4v) is 3.08. The Morgan fingerprint density at radius 2 is 1.96 bits per heavy atom. The first-order valence-corrected chi connectivity index (χ1v) is 8.92. The van der Waals surface area contributed by atoms with E-state index in [2.05, 4.69) is 20.9 Å². The molecule has 2 saturated heterocycles. The third-order valence-corrected chi connectivity index (χ3v) is 4.66. The number of carbonyl (C=O) groups excluding carboxylic acids is 2. The monoisotopic (exact) mass is 346 g/mol. The van der Waals surface area contributed by atoms with E-state index in [-0.39, 0.29) is 17.7 Å². The van der Waals surface area contributed by atoms with Crippen LogP contribution in [0.1, 0.15) is 16.8 Å². The molecule has 7 heteroatoms. The Hall–Kier alpha value is -1.96. The van der Waals surface area contributed by atoms with E-state index < -0.39 is 0 Å². The summed E-state index contributed by atoms with van der Waals surface area (Å²) in [6.07, 6.45) is 0.871. The summed E-state index contributed by atoms with van der Waals surface area (Å²) in [7, 11) is 0. The molecule has 0 saturated carbocycles. The van der Waals surface area contributed by atoms with E-state index in [1.54, 1.807) is 24.3 Å². The molecule has 0 bridgehead atoms. The minimum Gasteiger partial charge on any atom is -0.379 e. The maximum atomic E-state index is 12.2. The summed E-state index contributed by atoms with van der Waals surface area (Å²) in [5.41, 5.74) is 1.32. The van der Waals surface area contributed by atoms with E-state index in [9.17, 15) is 9.59 Å². The molecule has 1 aromatic carbocycles. The maximum Gasteiger partial charge on any atom is 0.251 e. The highest BCUT2D eigenvalue weighted by Crippen LogP contribution is 2.14. The van der Waals surface area contributed by atoms with Gasteiger partial charge in [0.15, 0.2) is 0 Å². The predicted octanol–water partition coefficient (Wildman–Crippen LogP) is 0.297. The lowest BCUT2D eigenvalue weighted by molar-refractivity contribution is -0.119. The van der Waals surface area contributed by atoms with Crippen LogP contribution in [0.5, 0.6) is 0 Å². The van der Waals surface area contributed by atoms with Crippen molar-refractivity contribution in [1.29, 1.82) is 0 Å². The van der Waals surface area contributed by atoms with Crippen molar-refractivity contribution in [1.82, 2.24) is 15.5 Å². The van der Waals surface area contributed by atoms with E-state index in [4.69, 9.17) is 4.74 Å². The second kappa shape index (κ2) is 8.94. The molecule has 0 aromatic heterocycles. The molecule has 25 heavy (non-hydrogen) atoms. The number of morpholine rings is 1. The van der Waals surface area contributed by atoms with Crippen molar-refractivity contribution in [2.75, 3.05) is 57.8 Å². The average molecular weight is 346 g/mol. The molecule has 2 aliphatic heterocycles. The highest BCUT2D eigenvalue weighted by atomic mass is 16.5. The predicted molar refractivity (Wildman–Crippen MR) is 95.6 cm³/mol. The molecule has 0 aliphatic carbocycles. The van der Waals surface area contributed by atoms with Crippen LogP contribution in [-0.4, -0.2) is 69.2 Å². The lowest BCUT2D eigenvalue weighted by Gasteiger charge is -2.26. The van der Waals surface area contributed by atoms with E-state index in [0.29, 0.717) is 12.1 Å². The molecule has 2 fully saturated rings. The lowest BCUT2D eigenvalue weighted by atomic mass is 10.1. The van der Waals surface area contributed by atoms with Gasteiger partial charge in [0, 0.05) is 44.0 Å². The standard InChI is InChI=1S/C18H26N4O3/c23-17(20-7-8-22-9-11-25-12-10-22)14-1-3-16(4-2-14)21-18(24)15-5-6-19-13-15/h1-4,15,19H,5-13H2,(H,20,23)(H,21,24). The van der Waals surface area contributed by atoms with Crippen LogP contribution in [0.15, 0.2) is 24.3 Å². The van der Waals surface area contributed by atoms with Crippen LogP contribution >= 0.6 is 0 Å². The second-order valence-electron chi connectivity index (χ2n) is 6.47. The zero-order chi connectivity index (χ0) is 17.5. The van der Waals surface area contributed by atoms with Crippen LogP contribution in [0.25, 0.3) is 0 Å². The van der Waals surface area contributed by atoms with Gasteiger partial charge in [-0.25, -0.2) is 0 Å². The molecule has 3 rings (SSSR count). The zero-order valence-electron chi connectivity index (χ0n) is 14.4. The van der Waals surface area contributed by atoms with Crippen LogP contribution in [0, 0.1) is 5.92 Å². The Morgan fingerprint density at radius 3 is 2.64 bits per heavy atom. The molecule has 1 aromatic rings. The van der Waals surface area contributed by atoms with Crippen molar-refractivity contribution in [2.45, 2.75) is 6.42 Å². The van der Waals surface area contributed by atoms with Crippen LogP contribution in [0.2, 0.25) is 0 Å². The smallest absolute Gasteiger partial charge is 0.251 e. The Bertz CT molecular complexity index is 578. The number of hydrogen-bond acceptors (Lipinski definition) is 5. The summed E-state index contributed by atoms with van der Waals surface area (Å²) in [5, 5.41) is 9.02. The molecule has 1 atom stereocenters. The molecule has 2 heterocycles. The van der Waals surface area contributed by atoms with Crippen molar-refractivity contribution >= 4 is 17.5 Å². The number of benzene rings is 1. The first-order chi connectivity index (χ1) is 12.2. The summed E-state index contributed by atoms with van der Waals surface area (Å²) >= 11 is 0. The fraction of sp³-hybridized carbons (Fsp3) is 0.556. The van der Waals surface area contributed by atoms with Gasteiger partial charge in [-0.1, -0.05) is 0 Å². The summed E-state index contributed by atoms with van der Waals surface area (Å²) in [5.74, 6) is -0.0259. The molecule has 0 radical (unpaired) electrons. The molecule has 3 N–H and O–H groups in total. The van der Waals surface area contributed by atoms with Gasteiger partial charge in [0.25, 0.3) is 5.91 Å². The number of nitrogens with one attached hydrogen (secondary N) is 3. The summed E-state index contributed by atoms with van der Waals surface area (Å²) in [6.45, 7) is 6.43. The van der Waals surface area contributed by atoms with Crippen molar-refractivity contribution in [2.24, 2.45) is 5.92 Å². The van der Waals surface area contributed by atoms with Crippen molar-refractivity contribution in [3.8, 4) is 0 Å². The van der Waals surface area contributed by atoms with E-state index in [1.807, 2.05) is 0 Å². The SMILES string of the molecule is O=C(NCCN1CCOCC1)c1ccc(NC(=O)C2CCNC2)cc1. The first kappa shape index (κ1) is 17.8. The Morgan fingerprint density at radius 1 is 1.20 bits per heavy atom. The van der Waals surface area contributed by atoms with Crippen LogP contribution in [0.3, 0.4) is 0 Å². The molecular weight excluding hydrogens is 320 g/mol.